The average molecular weight is 368 g/mol. The summed E-state index contributed by atoms with van der Waals surface area (Å²) in [5, 5.41) is 0.815. The van der Waals surface area contributed by atoms with Crippen LogP contribution in [0.2, 0.25) is 0 Å². The molecule has 1 saturated heterocycles. The molecule has 1 aromatic carbocycles. The second-order valence-corrected chi connectivity index (χ2v) is 7.86. The summed E-state index contributed by atoms with van der Waals surface area (Å²) in [5.41, 5.74) is 1.14. The largest absolute Gasteiger partial charge is 0.460 e. The van der Waals surface area contributed by atoms with E-state index in [0.717, 1.165) is 5.39 Å². The normalized spacial score (nSPS) is 15.6. The Morgan fingerprint density at radius 2 is 1.85 bits per heavy atom. The molecule has 2 aromatic rings. The Kier molecular flexibility index (Phi) is 5.26. The van der Waals surface area contributed by atoms with Crippen LogP contribution in [-0.2, 0) is 9.53 Å². The number of ether oxygens (including phenoxy) is 1. The van der Waals surface area contributed by atoms with Gasteiger partial charge >= 0.3 is 5.97 Å². The number of amides is 1. The van der Waals surface area contributed by atoms with Crippen molar-refractivity contribution in [3.63, 3.8) is 0 Å². The molecule has 1 amide bonds. The van der Waals surface area contributed by atoms with Crippen molar-refractivity contribution < 1.29 is 19.1 Å². The molecule has 0 bridgehead atoms. The number of piperidine rings is 1. The molecule has 1 aliphatic heterocycles. The number of fused-ring (bicyclic) bond motifs is 1. The number of carbonyl (C=O) groups is 3. The number of likely N-dealkylation sites (tertiary alicyclic amines) is 1. The minimum absolute atomic E-state index is 0.0565. The molecule has 0 N–H and O–H groups in total. The number of esters is 1. The molecule has 0 saturated carbocycles. The smallest absolute Gasteiger partial charge is 0.309 e. The van der Waals surface area contributed by atoms with Crippen molar-refractivity contribution in [2.45, 2.75) is 39.2 Å². The Morgan fingerprint density at radius 3 is 2.48 bits per heavy atom. The minimum atomic E-state index is -0.493. The van der Waals surface area contributed by atoms with Crippen LogP contribution < -0.4 is 0 Å². The molecule has 0 aliphatic carbocycles. The maximum absolute atomic E-state index is 12.8. The van der Waals surface area contributed by atoms with Crippen LogP contribution in [0.15, 0.2) is 30.3 Å². The highest BCUT2D eigenvalue weighted by Crippen LogP contribution is 2.23. The molecule has 0 spiro atoms. The molecule has 6 heteroatoms. The van der Waals surface area contributed by atoms with Crippen LogP contribution in [0, 0.1) is 5.92 Å². The monoisotopic (exact) mass is 368 g/mol. The van der Waals surface area contributed by atoms with Gasteiger partial charge in [-0.1, -0.05) is 6.07 Å². The number of benzene rings is 1. The number of carbonyl (C=O) groups excluding carboxylic acids is 3. The summed E-state index contributed by atoms with van der Waals surface area (Å²) < 4.78 is 5.45. The summed E-state index contributed by atoms with van der Waals surface area (Å²) >= 11 is 0. The number of aromatic nitrogens is 1. The average Bonchev–Trinajstić information content (AvgIpc) is 2.65. The van der Waals surface area contributed by atoms with Crippen LogP contribution in [-0.4, -0.2) is 46.7 Å². The zero-order chi connectivity index (χ0) is 19.6. The van der Waals surface area contributed by atoms with Crippen LogP contribution in [0.4, 0.5) is 0 Å². The Balaban J connectivity index is 1.66. The molecular weight excluding hydrogens is 344 g/mol. The Hall–Kier alpha value is -2.76. The SMILES string of the molecule is CC(C)(C)OC(=O)C1CCN(C(=O)c2ccc3nc(C=O)ccc3c2)CC1. The van der Waals surface area contributed by atoms with Crippen molar-refractivity contribution in [3.05, 3.63) is 41.6 Å². The number of nitrogens with zero attached hydrogens (tertiary/aromatic N) is 2. The summed E-state index contributed by atoms with van der Waals surface area (Å²) in [6.07, 6.45) is 1.92. The molecule has 1 aliphatic rings. The van der Waals surface area contributed by atoms with Gasteiger partial charge in [0.25, 0.3) is 5.91 Å². The van der Waals surface area contributed by atoms with E-state index < -0.39 is 5.60 Å². The van der Waals surface area contributed by atoms with Crippen LogP contribution >= 0.6 is 0 Å². The quantitative estimate of drug-likeness (QED) is 0.614. The van der Waals surface area contributed by atoms with E-state index in [0.29, 0.717) is 49.0 Å². The maximum Gasteiger partial charge on any atom is 0.309 e. The lowest BCUT2D eigenvalue weighted by molar-refractivity contribution is -0.161. The Morgan fingerprint density at radius 1 is 1.15 bits per heavy atom. The summed E-state index contributed by atoms with van der Waals surface area (Å²) in [4.78, 5) is 41.8. The van der Waals surface area contributed by atoms with Gasteiger partial charge in [0.15, 0.2) is 6.29 Å². The zero-order valence-corrected chi connectivity index (χ0v) is 15.9. The van der Waals surface area contributed by atoms with Crippen molar-refractivity contribution >= 4 is 29.1 Å². The molecule has 0 unspecified atom stereocenters. The summed E-state index contributed by atoms with van der Waals surface area (Å²) in [6.45, 7) is 6.63. The van der Waals surface area contributed by atoms with Crippen molar-refractivity contribution in [2.24, 2.45) is 5.92 Å². The van der Waals surface area contributed by atoms with E-state index in [-0.39, 0.29) is 17.8 Å². The predicted octanol–water partition coefficient (Wildman–Crippen LogP) is 3.24. The third-order valence-corrected chi connectivity index (χ3v) is 4.60. The molecule has 6 nitrogen and oxygen atoms in total. The van der Waals surface area contributed by atoms with E-state index in [1.54, 1.807) is 35.2 Å². The first kappa shape index (κ1) is 19.0. The van der Waals surface area contributed by atoms with E-state index in [2.05, 4.69) is 4.98 Å². The van der Waals surface area contributed by atoms with Gasteiger partial charge in [-0.05, 0) is 57.9 Å². The first-order valence-corrected chi connectivity index (χ1v) is 9.15. The summed E-state index contributed by atoms with van der Waals surface area (Å²) in [6, 6.07) is 8.70. The van der Waals surface area contributed by atoms with E-state index in [4.69, 9.17) is 4.74 Å². The van der Waals surface area contributed by atoms with Crippen molar-refractivity contribution in [1.82, 2.24) is 9.88 Å². The van der Waals surface area contributed by atoms with E-state index >= 15 is 0 Å². The van der Waals surface area contributed by atoms with Crippen molar-refractivity contribution in [3.8, 4) is 0 Å². The third kappa shape index (κ3) is 4.51. The molecule has 2 heterocycles. The molecule has 1 fully saturated rings. The second-order valence-electron chi connectivity index (χ2n) is 7.86. The van der Waals surface area contributed by atoms with Gasteiger partial charge < -0.3 is 9.64 Å². The minimum Gasteiger partial charge on any atom is -0.460 e. The van der Waals surface area contributed by atoms with Gasteiger partial charge in [-0.25, -0.2) is 4.98 Å². The predicted molar refractivity (Wildman–Crippen MR) is 102 cm³/mol. The number of pyridine rings is 1. The van der Waals surface area contributed by atoms with Gasteiger partial charge in [-0.15, -0.1) is 0 Å². The van der Waals surface area contributed by atoms with E-state index in [1.807, 2.05) is 20.8 Å². The van der Waals surface area contributed by atoms with Gasteiger partial charge in [-0.2, -0.15) is 0 Å². The van der Waals surface area contributed by atoms with Gasteiger partial charge in [-0.3, -0.25) is 14.4 Å². The topological polar surface area (TPSA) is 76.6 Å². The standard InChI is InChI=1S/C21H24N2O4/c1-21(2,3)27-20(26)14-8-10-23(11-9-14)19(25)16-5-7-18-15(12-16)4-6-17(13-24)22-18/h4-7,12-14H,8-11H2,1-3H3. The van der Waals surface area contributed by atoms with Gasteiger partial charge in [0.2, 0.25) is 0 Å². The molecule has 3 rings (SSSR count). The molecule has 0 atom stereocenters. The van der Waals surface area contributed by atoms with Crippen molar-refractivity contribution in [2.75, 3.05) is 13.1 Å². The highest BCUT2D eigenvalue weighted by atomic mass is 16.6. The first-order valence-electron chi connectivity index (χ1n) is 9.15. The highest BCUT2D eigenvalue weighted by Gasteiger charge is 2.30. The molecule has 1 aromatic heterocycles. The zero-order valence-electron chi connectivity index (χ0n) is 15.9. The van der Waals surface area contributed by atoms with Crippen LogP contribution in [0.5, 0.6) is 0 Å². The molecule has 142 valence electrons. The first-order chi connectivity index (χ1) is 12.8. The molecule has 0 radical (unpaired) electrons. The second kappa shape index (κ2) is 7.47. The fourth-order valence-corrected chi connectivity index (χ4v) is 3.23. The van der Waals surface area contributed by atoms with Crippen LogP contribution in [0.1, 0.15) is 54.5 Å². The number of hydrogen-bond acceptors (Lipinski definition) is 5. The highest BCUT2D eigenvalue weighted by molar-refractivity contribution is 5.98. The van der Waals surface area contributed by atoms with Gasteiger partial charge in [0, 0.05) is 24.0 Å². The summed E-state index contributed by atoms with van der Waals surface area (Å²) in [5.74, 6) is -0.396. The lowest BCUT2D eigenvalue weighted by Crippen LogP contribution is -2.41. The van der Waals surface area contributed by atoms with Crippen LogP contribution in [0.3, 0.4) is 0 Å². The van der Waals surface area contributed by atoms with E-state index in [9.17, 15) is 14.4 Å². The van der Waals surface area contributed by atoms with Crippen LogP contribution in [0.25, 0.3) is 10.9 Å². The molecular formula is C21H24N2O4. The van der Waals surface area contributed by atoms with Gasteiger partial charge in [0.1, 0.15) is 11.3 Å². The maximum atomic E-state index is 12.8. The Bertz CT molecular complexity index is 877. The number of hydrogen-bond donors (Lipinski definition) is 0. The Labute approximate surface area is 158 Å². The lowest BCUT2D eigenvalue weighted by Gasteiger charge is -2.32. The fourth-order valence-electron chi connectivity index (χ4n) is 3.23. The summed E-state index contributed by atoms with van der Waals surface area (Å²) in [7, 11) is 0. The van der Waals surface area contributed by atoms with E-state index in [1.165, 1.54) is 0 Å². The third-order valence-electron chi connectivity index (χ3n) is 4.60. The lowest BCUT2D eigenvalue weighted by atomic mass is 9.96. The molecule has 27 heavy (non-hydrogen) atoms. The van der Waals surface area contributed by atoms with Crippen molar-refractivity contribution in [1.29, 1.82) is 0 Å². The fraction of sp³-hybridized carbons (Fsp3) is 0.429. The number of aldehydes is 1. The number of rotatable bonds is 3. The van der Waals surface area contributed by atoms with Gasteiger partial charge in [0.05, 0.1) is 11.4 Å².